The van der Waals surface area contributed by atoms with E-state index in [1.807, 2.05) is 18.5 Å². The Balaban J connectivity index is 2.41. The van der Waals surface area contributed by atoms with Gasteiger partial charge < -0.3 is 0 Å². The average molecular weight is 222 g/mol. The standard InChI is InChI=1S/C10H10N2S2/c1-7-3-4-9(14-7)8-5-6-11-10(12-8)13-2/h3-6H,1-2H3. The fourth-order valence-electron chi connectivity index (χ4n) is 1.15. The predicted octanol–water partition coefficient (Wildman–Crippen LogP) is 3.24. The van der Waals surface area contributed by atoms with Gasteiger partial charge in [0.25, 0.3) is 0 Å². The molecule has 0 saturated heterocycles. The van der Waals surface area contributed by atoms with Gasteiger partial charge in [0.2, 0.25) is 0 Å². The summed E-state index contributed by atoms with van der Waals surface area (Å²) >= 11 is 3.33. The molecule has 2 heterocycles. The van der Waals surface area contributed by atoms with E-state index in [1.54, 1.807) is 23.1 Å². The minimum Gasteiger partial charge on any atom is -0.231 e. The number of thioether (sulfide) groups is 1. The summed E-state index contributed by atoms with van der Waals surface area (Å²) in [4.78, 5) is 11.1. The summed E-state index contributed by atoms with van der Waals surface area (Å²) in [6.07, 6.45) is 3.79. The molecule has 0 spiro atoms. The molecule has 0 fully saturated rings. The third-order valence-corrected chi connectivity index (χ3v) is 3.39. The Morgan fingerprint density at radius 2 is 2.14 bits per heavy atom. The van der Waals surface area contributed by atoms with Gasteiger partial charge in [0, 0.05) is 11.1 Å². The Morgan fingerprint density at radius 1 is 1.29 bits per heavy atom. The van der Waals surface area contributed by atoms with Gasteiger partial charge in [-0.05, 0) is 31.4 Å². The highest BCUT2D eigenvalue weighted by Crippen LogP contribution is 2.26. The Labute approximate surface area is 91.4 Å². The summed E-state index contributed by atoms with van der Waals surface area (Å²) in [7, 11) is 0. The molecule has 0 aliphatic rings. The van der Waals surface area contributed by atoms with Gasteiger partial charge in [-0.3, -0.25) is 0 Å². The first-order valence-electron chi connectivity index (χ1n) is 4.23. The average Bonchev–Trinajstić information content (AvgIpc) is 2.65. The van der Waals surface area contributed by atoms with Gasteiger partial charge in [-0.2, -0.15) is 0 Å². The van der Waals surface area contributed by atoms with Gasteiger partial charge in [-0.25, -0.2) is 9.97 Å². The zero-order chi connectivity index (χ0) is 9.97. The molecule has 0 radical (unpaired) electrons. The first-order chi connectivity index (χ1) is 6.79. The van der Waals surface area contributed by atoms with Crippen molar-refractivity contribution >= 4 is 23.1 Å². The summed E-state index contributed by atoms with van der Waals surface area (Å²) in [6.45, 7) is 2.10. The fraction of sp³-hybridized carbons (Fsp3) is 0.200. The molecule has 0 saturated carbocycles. The van der Waals surface area contributed by atoms with Crippen molar-refractivity contribution in [3.8, 4) is 10.6 Å². The highest BCUT2D eigenvalue weighted by molar-refractivity contribution is 7.98. The highest BCUT2D eigenvalue weighted by atomic mass is 32.2. The van der Waals surface area contributed by atoms with Gasteiger partial charge in [0.15, 0.2) is 5.16 Å². The molecule has 0 amide bonds. The van der Waals surface area contributed by atoms with Crippen LogP contribution in [0, 0.1) is 6.92 Å². The molecule has 0 unspecified atom stereocenters. The first-order valence-corrected chi connectivity index (χ1v) is 6.27. The molecular formula is C10H10N2S2. The van der Waals surface area contributed by atoms with E-state index < -0.39 is 0 Å². The second-order valence-corrected chi connectivity index (χ2v) is 4.90. The molecule has 0 aromatic carbocycles. The number of thiophene rings is 1. The van der Waals surface area contributed by atoms with Crippen LogP contribution in [0.1, 0.15) is 4.88 Å². The topological polar surface area (TPSA) is 25.8 Å². The second-order valence-electron chi connectivity index (χ2n) is 2.84. The molecular weight excluding hydrogens is 212 g/mol. The third kappa shape index (κ3) is 1.96. The molecule has 0 atom stereocenters. The van der Waals surface area contributed by atoms with Crippen LogP contribution in [0.25, 0.3) is 10.6 Å². The minimum atomic E-state index is 0.827. The van der Waals surface area contributed by atoms with Crippen molar-refractivity contribution in [3.63, 3.8) is 0 Å². The smallest absolute Gasteiger partial charge is 0.187 e. The van der Waals surface area contributed by atoms with Gasteiger partial charge in [-0.1, -0.05) is 11.8 Å². The van der Waals surface area contributed by atoms with Crippen molar-refractivity contribution in [1.82, 2.24) is 9.97 Å². The van der Waals surface area contributed by atoms with Crippen LogP contribution < -0.4 is 0 Å². The van der Waals surface area contributed by atoms with E-state index in [9.17, 15) is 0 Å². The van der Waals surface area contributed by atoms with Crippen LogP contribution in [-0.4, -0.2) is 16.2 Å². The maximum absolute atomic E-state index is 4.44. The highest BCUT2D eigenvalue weighted by Gasteiger charge is 2.03. The van der Waals surface area contributed by atoms with Crippen LogP contribution >= 0.6 is 23.1 Å². The molecule has 0 aliphatic heterocycles. The Morgan fingerprint density at radius 3 is 2.79 bits per heavy atom. The summed E-state index contributed by atoms with van der Waals surface area (Å²) < 4.78 is 0. The van der Waals surface area contributed by atoms with E-state index in [0.717, 1.165) is 10.9 Å². The number of hydrogen-bond acceptors (Lipinski definition) is 4. The quantitative estimate of drug-likeness (QED) is 0.576. The van der Waals surface area contributed by atoms with Crippen LogP contribution in [0.2, 0.25) is 0 Å². The molecule has 14 heavy (non-hydrogen) atoms. The van der Waals surface area contributed by atoms with Gasteiger partial charge in [0.05, 0.1) is 10.6 Å². The number of aromatic nitrogens is 2. The lowest BCUT2D eigenvalue weighted by atomic mass is 10.3. The molecule has 72 valence electrons. The van der Waals surface area contributed by atoms with E-state index in [-0.39, 0.29) is 0 Å². The summed E-state index contributed by atoms with van der Waals surface area (Å²) in [5.74, 6) is 0. The van der Waals surface area contributed by atoms with Gasteiger partial charge in [-0.15, -0.1) is 11.3 Å². The molecule has 2 rings (SSSR count). The van der Waals surface area contributed by atoms with Crippen molar-refractivity contribution in [1.29, 1.82) is 0 Å². The minimum absolute atomic E-state index is 0.827. The molecule has 0 bridgehead atoms. The Kier molecular flexibility index (Phi) is 2.84. The summed E-state index contributed by atoms with van der Waals surface area (Å²) in [5, 5.41) is 0.827. The normalized spacial score (nSPS) is 10.4. The SMILES string of the molecule is CSc1nccc(-c2ccc(C)s2)n1. The van der Waals surface area contributed by atoms with Crippen LogP contribution in [0.3, 0.4) is 0 Å². The lowest BCUT2D eigenvalue weighted by molar-refractivity contribution is 0.978. The van der Waals surface area contributed by atoms with Gasteiger partial charge in [0.1, 0.15) is 0 Å². The zero-order valence-corrected chi connectivity index (χ0v) is 9.65. The number of nitrogens with zero attached hydrogens (tertiary/aromatic N) is 2. The zero-order valence-electron chi connectivity index (χ0n) is 8.02. The Hall–Kier alpha value is -0.870. The Bertz CT molecular complexity index is 437. The largest absolute Gasteiger partial charge is 0.231 e. The second kappa shape index (κ2) is 4.11. The van der Waals surface area contributed by atoms with E-state index in [4.69, 9.17) is 0 Å². The number of aryl methyl sites for hydroxylation is 1. The van der Waals surface area contributed by atoms with E-state index in [0.29, 0.717) is 0 Å². The summed E-state index contributed by atoms with van der Waals surface area (Å²) in [6, 6.07) is 6.16. The van der Waals surface area contributed by atoms with Crippen LogP contribution in [-0.2, 0) is 0 Å². The fourth-order valence-corrected chi connectivity index (χ4v) is 2.34. The van der Waals surface area contributed by atoms with Crippen molar-refractivity contribution < 1.29 is 0 Å². The van der Waals surface area contributed by atoms with Crippen molar-refractivity contribution in [2.24, 2.45) is 0 Å². The molecule has 0 aliphatic carbocycles. The maximum atomic E-state index is 4.44. The molecule has 2 aromatic rings. The van der Waals surface area contributed by atoms with E-state index in [1.165, 1.54) is 9.75 Å². The lowest BCUT2D eigenvalue weighted by Gasteiger charge is -1.97. The number of rotatable bonds is 2. The van der Waals surface area contributed by atoms with Crippen LogP contribution in [0.15, 0.2) is 29.6 Å². The van der Waals surface area contributed by atoms with Crippen LogP contribution in [0.5, 0.6) is 0 Å². The first kappa shape index (κ1) is 9.68. The monoisotopic (exact) mass is 222 g/mol. The third-order valence-electron chi connectivity index (χ3n) is 1.81. The van der Waals surface area contributed by atoms with Gasteiger partial charge >= 0.3 is 0 Å². The van der Waals surface area contributed by atoms with Crippen molar-refractivity contribution in [3.05, 3.63) is 29.3 Å². The molecule has 4 heteroatoms. The predicted molar refractivity (Wildman–Crippen MR) is 61.9 cm³/mol. The molecule has 2 nitrogen and oxygen atoms in total. The van der Waals surface area contributed by atoms with Crippen LogP contribution in [0.4, 0.5) is 0 Å². The van der Waals surface area contributed by atoms with Crippen molar-refractivity contribution in [2.45, 2.75) is 12.1 Å². The molecule has 2 aromatic heterocycles. The lowest BCUT2D eigenvalue weighted by Crippen LogP contribution is -1.86. The van der Waals surface area contributed by atoms with Crippen molar-refractivity contribution in [2.75, 3.05) is 6.26 Å². The van der Waals surface area contributed by atoms with E-state index >= 15 is 0 Å². The molecule has 0 N–H and O–H groups in total. The van der Waals surface area contributed by atoms with E-state index in [2.05, 4.69) is 29.0 Å². The maximum Gasteiger partial charge on any atom is 0.187 e. The number of hydrogen-bond donors (Lipinski definition) is 0. The summed E-state index contributed by atoms with van der Waals surface area (Å²) in [5.41, 5.74) is 1.02.